The zero-order valence-corrected chi connectivity index (χ0v) is 14.0. The van der Waals surface area contributed by atoms with Gasteiger partial charge in [-0.05, 0) is 38.8 Å². The second kappa shape index (κ2) is 5.35. The van der Waals surface area contributed by atoms with Crippen LogP contribution in [0.5, 0.6) is 0 Å². The monoisotopic (exact) mass is 330 g/mol. The Morgan fingerprint density at radius 3 is 2.15 bits per heavy atom. The van der Waals surface area contributed by atoms with Gasteiger partial charge in [-0.25, -0.2) is 13.4 Å². The highest BCUT2D eigenvalue weighted by atomic mass is 35.5. The molecule has 1 heterocycles. The molecule has 0 bridgehead atoms. The fraction of sp³-hybridized carbons (Fsp3) is 0.308. The average molecular weight is 331 g/mol. The smallest absolute Gasteiger partial charge is 0.273 e. The minimum Gasteiger partial charge on any atom is -0.278 e. The molecular formula is C13H15ClN2O2S2. The van der Waals surface area contributed by atoms with Gasteiger partial charge in [0.15, 0.2) is 8.68 Å². The topological polar surface area (TPSA) is 59.1 Å². The minimum atomic E-state index is -3.66. The van der Waals surface area contributed by atoms with E-state index in [1.165, 1.54) is 0 Å². The number of aryl methyl sites for hydroxylation is 4. The van der Waals surface area contributed by atoms with Crippen LogP contribution in [-0.4, -0.2) is 13.4 Å². The quantitative estimate of drug-likeness (QED) is 0.930. The molecule has 1 aromatic heterocycles. The standard InChI is InChI=1S/C13H15ClN2O2S2/c1-7-5-8(2)11(9(3)6-7)16-20(17,18)12-10(4)15-13(14)19-12/h5-6,16H,1-4H3. The lowest BCUT2D eigenvalue weighted by Crippen LogP contribution is -2.14. The first-order valence-electron chi connectivity index (χ1n) is 5.94. The number of sulfonamides is 1. The minimum absolute atomic E-state index is 0.155. The van der Waals surface area contributed by atoms with Crippen molar-refractivity contribution >= 4 is 38.6 Å². The SMILES string of the molecule is Cc1cc(C)c(NS(=O)(=O)c2sc(Cl)nc2C)c(C)c1. The second-order valence-electron chi connectivity index (χ2n) is 4.72. The van der Waals surface area contributed by atoms with Gasteiger partial charge in [-0.2, -0.15) is 0 Å². The molecule has 1 aromatic carbocycles. The molecule has 0 saturated carbocycles. The number of halogens is 1. The summed E-state index contributed by atoms with van der Waals surface area (Å²) in [5.41, 5.74) is 3.90. The Kier molecular flexibility index (Phi) is 4.09. The first kappa shape index (κ1) is 15.3. The molecule has 0 saturated heterocycles. The lowest BCUT2D eigenvalue weighted by atomic mass is 10.1. The highest BCUT2D eigenvalue weighted by molar-refractivity contribution is 7.94. The summed E-state index contributed by atoms with van der Waals surface area (Å²) in [6, 6.07) is 3.88. The molecule has 0 fully saturated rings. The van der Waals surface area contributed by atoms with Crippen molar-refractivity contribution in [3.63, 3.8) is 0 Å². The summed E-state index contributed by atoms with van der Waals surface area (Å²) in [5, 5.41) is 0. The third-order valence-corrected chi connectivity index (χ3v) is 6.11. The zero-order chi connectivity index (χ0) is 15.1. The van der Waals surface area contributed by atoms with E-state index in [1.54, 1.807) is 6.92 Å². The van der Waals surface area contributed by atoms with Crippen LogP contribution in [0.2, 0.25) is 4.47 Å². The van der Waals surface area contributed by atoms with Crippen LogP contribution in [0.1, 0.15) is 22.4 Å². The number of nitrogens with one attached hydrogen (secondary N) is 1. The molecule has 0 aliphatic carbocycles. The van der Waals surface area contributed by atoms with E-state index in [0.29, 0.717) is 11.4 Å². The van der Waals surface area contributed by atoms with Gasteiger partial charge in [0.2, 0.25) is 0 Å². The number of benzene rings is 1. The van der Waals surface area contributed by atoms with E-state index >= 15 is 0 Å². The highest BCUT2D eigenvalue weighted by Crippen LogP contribution is 2.30. The van der Waals surface area contributed by atoms with Gasteiger partial charge in [-0.3, -0.25) is 4.72 Å². The van der Waals surface area contributed by atoms with Gasteiger partial charge in [0.05, 0.1) is 11.4 Å². The van der Waals surface area contributed by atoms with Crippen LogP contribution in [0, 0.1) is 27.7 Å². The lowest BCUT2D eigenvalue weighted by Gasteiger charge is -2.13. The molecule has 4 nitrogen and oxygen atoms in total. The Labute approximate surface area is 127 Å². The van der Waals surface area contributed by atoms with Gasteiger partial charge in [0.25, 0.3) is 10.0 Å². The fourth-order valence-electron chi connectivity index (χ4n) is 2.12. The third kappa shape index (κ3) is 2.97. The molecule has 108 valence electrons. The van der Waals surface area contributed by atoms with Crippen LogP contribution in [0.4, 0.5) is 5.69 Å². The van der Waals surface area contributed by atoms with E-state index in [9.17, 15) is 8.42 Å². The molecule has 0 aliphatic heterocycles. The fourth-order valence-corrected chi connectivity index (χ4v) is 5.06. The van der Waals surface area contributed by atoms with E-state index in [-0.39, 0.29) is 8.68 Å². The summed E-state index contributed by atoms with van der Waals surface area (Å²) in [6.45, 7) is 7.37. The lowest BCUT2D eigenvalue weighted by molar-refractivity contribution is 0.602. The molecule has 2 aromatic rings. The van der Waals surface area contributed by atoms with E-state index in [2.05, 4.69) is 9.71 Å². The zero-order valence-electron chi connectivity index (χ0n) is 11.6. The molecule has 0 unspecified atom stereocenters. The van der Waals surface area contributed by atoms with Gasteiger partial charge >= 0.3 is 0 Å². The van der Waals surface area contributed by atoms with E-state index in [0.717, 1.165) is 28.0 Å². The molecule has 7 heteroatoms. The van der Waals surface area contributed by atoms with E-state index in [1.807, 2.05) is 32.9 Å². The number of hydrogen-bond acceptors (Lipinski definition) is 4. The molecular weight excluding hydrogens is 316 g/mol. The Balaban J connectivity index is 2.46. The normalized spacial score (nSPS) is 11.7. The van der Waals surface area contributed by atoms with Crippen molar-refractivity contribution in [2.75, 3.05) is 4.72 Å². The summed E-state index contributed by atoms with van der Waals surface area (Å²) in [7, 11) is -3.66. The molecule has 0 aliphatic rings. The van der Waals surface area contributed by atoms with Crippen molar-refractivity contribution in [1.29, 1.82) is 0 Å². The van der Waals surface area contributed by atoms with E-state index < -0.39 is 10.0 Å². The number of aromatic nitrogens is 1. The maximum atomic E-state index is 12.4. The van der Waals surface area contributed by atoms with Crippen molar-refractivity contribution in [3.05, 3.63) is 39.0 Å². The second-order valence-corrected chi connectivity index (χ2v) is 8.18. The Bertz CT molecular complexity index is 744. The van der Waals surface area contributed by atoms with E-state index in [4.69, 9.17) is 11.6 Å². The molecule has 0 spiro atoms. The van der Waals surface area contributed by atoms with Gasteiger partial charge in [-0.1, -0.05) is 40.6 Å². The number of nitrogens with zero attached hydrogens (tertiary/aromatic N) is 1. The number of thiazole rings is 1. The Morgan fingerprint density at radius 2 is 1.70 bits per heavy atom. The maximum Gasteiger partial charge on any atom is 0.273 e. The first-order valence-corrected chi connectivity index (χ1v) is 8.62. The van der Waals surface area contributed by atoms with Crippen LogP contribution in [0.25, 0.3) is 0 Å². The summed E-state index contributed by atoms with van der Waals surface area (Å²) in [5.74, 6) is 0. The van der Waals surface area contributed by atoms with Gasteiger partial charge in [0.1, 0.15) is 0 Å². The summed E-state index contributed by atoms with van der Waals surface area (Å²) in [6.07, 6.45) is 0. The van der Waals surface area contributed by atoms with Crippen molar-refractivity contribution < 1.29 is 8.42 Å². The largest absolute Gasteiger partial charge is 0.278 e. The van der Waals surface area contributed by atoms with Gasteiger partial charge in [0, 0.05) is 0 Å². The van der Waals surface area contributed by atoms with Crippen molar-refractivity contribution in [1.82, 2.24) is 4.98 Å². The van der Waals surface area contributed by atoms with Crippen LogP contribution in [0.15, 0.2) is 16.3 Å². The Hall–Kier alpha value is -1.11. The molecule has 0 amide bonds. The molecule has 0 atom stereocenters. The predicted octanol–water partition coefficient (Wildman–Crippen LogP) is 3.83. The molecule has 20 heavy (non-hydrogen) atoms. The molecule has 1 N–H and O–H groups in total. The number of rotatable bonds is 3. The molecule has 2 rings (SSSR count). The summed E-state index contributed by atoms with van der Waals surface area (Å²) in [4.78, 5) is 3.94. The van der Waals surface area contributed by atoms with Crippen LogP contribution in [0.3, 0.4) is 0 Å². The number of hydrogen-bond donors (Lipinski definition) is 1. The Morgan fingerprint density at radius 1 is 1.15 bits per heavy atom. The van der Waals surface area contributed by atoms with Gasteiger partial charge < -0.3 is 0 Å². The first-order chi connectivity index (χ1) is 9.20. The van der Waals surface area contributed by atoms with Crippen LogP contribution in [-0.2, 0) is 10.0 Å². The third-order valence-electron chi connectivity index (χ3n) is 2.89. The van der Waals surface area contributed by atoms with Crippen molar-refractivity contribution in [2.24, 2.45) is 0 Å². The van der Waals surface area contributed by atoms with Crippen molar-refractivity contribution in [2.45, 2.75) is 31.9 Å². The summed E-state index contributed by atoms with van der Waals surface area (Å²) >= 11 is 6.73. The summed E-state index contributed by atoms with van der Waals surface area (Å²) < 4.78 is 27.9. The average Bonchev–Trinajstić information content (AvgIpc) is 2.64. The molecule has 0 radical (unpaired) electrons. The highest BCUT2D eigenvalue weighted by Gasteiger charge is 2.22. The van der Waals surface area contributed by atoms with Crippen LogP contribution >= 0.6 is 22.9 Å². The van der Waals surface area contributed by atoms with Gasteiger partial charge in [-0.15, -0.1) is 0 Å². The van der Waals surface area contributed by atoms with Crippen molar-refractivity contribution in [3.8, 4) is 0 Å². The predicted molar refractivity (Wildman–Crippen MR) is 83.3 cm³/mol. The van der Waals surface area contributed by atoms with Crippen LogP contribution < -0.4 is 4.72 Å². The maximum absolute atomic E-state index is 12.4. The number of anilines is 1.